The SMILES string of the molecule is CC(C)CN1C(=O)N(CC2CCC2)C(=O)C12CCN(C(=O)c1ccn(C)n1)CC2. The molecule has 3 fully saturated rings. The molecule has 2 aliphatic heterocycles. The summed E-state index contributed by atoms with van der Waals surface area (Å²) in [6, 6.07) is 1.57. The minimum atomic E-state index is -0.800. The number of carbonyl (C=O) groups is 3. The summed E-state index contributed by atoms with van der Waals surface area (Å²) >= 11 is 0. The second-order valence-electron chi connectivity index (χ2n) is 9.20. The summed E-state index contributed by atoms with van der Waals surface area (Å²) in [6.07, 6.45) is 6.11. The van der Waals surface area contributed by atoms with Crippen molar-refractivity contribution in [1.82, 2.24) is 24.5 Å². The minimum Gasteiger partial charge on any atom is -0.337 e. The van der Waals surface area contributed by atoms with Gasteiger partial charge < -0.3 is 9.80 Å². The number of carbonyl (C=O) groups excluding carboxylic acids is 3. The number of hydrogen-bond acceptors (Lipinski definition) is 4. The Morgan fingerprint density at radius 1 is 1.24 bits per heavy atom. The van der Waals surface area contributed by atoms with Crippen LogP contribution >= 0.6 is 0 Å². The van der Waals surface area contributed by atoms with E-state index in [1.54, 1.807) is 33.8 Å². The van der Waals surface area contributed by atoms with Crippen LogP contribution in [0.25, 0.3) is 0 Å². The summed E-state index contributed by atoms with van der Waals surface area (Å²) in [7, 11) is 1.78. The lowest BCUT2D eigenvalue weighted by Crippen LogP contribution is -2.58. The van der Waals surface area contributed by atoms with Gasteiger partial charge in [-0.25, -0.2) is 4.79 Å². The fraction of sp³-hybridized carbons (Fsp3) is 0.714. The number of urea groups is 1. The van der Waals surface area contributed by atoms with Crippen molar-refractivity contribution in [3.8, 4) is 0 Å². The molecule has 0 radical (unpaired) electrons. The average molecular weight is 402 g/mol. The topological polar surface area (TPSA) is 78.8 Å². The Bertz CT molecular complexity index is 805. The van der Waals surface area contributed by atoms with Gasteiger partial charge in [0.15, 0.2) is 0 Å². The van der Waals surface area contributed by atoms with E-state index < -0.39 is 5.54 Å². The third-order valence-corrected chi connectivity index (χ3v) is 6.65. The van der Waals surface area contributed by atoms with E-state index in [-0.39, 0.29) is 23.8 Å². The summed E-state index contributed by atoms with van der Waals surface area (Å²) in [5, 5.41) is 4.20. The van der Waals surface area contributed by atoms with Gasteiger partial charge in [-0.1, -0.05) is 20.3 Å². The van der Waals surface area contributed by atoms with E-state index >= 15 is 0 Å². The fourth-order valence-electron chi connectivity index (χ4n) is 4.75. The number of amides is 4. The molecule has 3 heterocycles. The van der Waals surface area contributed by atoms with E-state index in [4.69, 9.17) is 0 Å². The Kier molecular flexibility index (Phi) is 5.12. The monoisotopic (exact) mass is 401 g/mol. The van der Waals surface area contributed by atoms with Crippen molar-refractivity contribution in [2.45, 2.75) is 51.5 Å². The first-order chi connectivity index (χ1) is 13.8. The first-order valence-corrected chi connectivity index (χ1v) is 10.7. The van der Waals surface area contributed by atoms with E-state index in [2.05, 4.69) is 18.9 Å². The second-order valence-corrected chi connectivity index (χ2v) is 9.20. The number of piperidine rings is 1. The van der Waals surface area contributed by atoms with Crippen LogP contribution < -0.4 is 0 Å². The van der Waals surface area contributed by atoms with Crippen LogP contribution in [-0.2, 0) is 11.8 Å². The highest BCUT2D eigenvalue weighted by molar-refractivity contribution is 6.07. The molecule has 3 aliphatic rings. The maximum Gasteiger partial charge on any atom is 0.327 e. The second kappa shape index (κ2) is 7.46. The van der Waals surface area contributed by atoms with Gasteiger partial charge >= 0.3 is 6.03 Å². The minimum absolute atomic E-state index is 0.0556. The van der Waals surface area contributed by atoms with Crippen molar-refractivity contribution in [1.29, 1.82) is 0 Å². The van der Waals surface area contributed by atoms with E-state index in [1.807, 2.05) is 0 Å². The predicted molar refractivity (Wildman–Crippen MR) is 107 cm³/mol. The molecule has 0 bridgehead atoms. The number of hydrogen-bond donors (Lipinski definition) is 0. The van der Waals surface area contributed by atoms with E-state index in [1.165, 1.54) is 11.3 Å². The largest absolute Gasteiger partial charge is 0.337 e. The summed E-state index contributed by atoms with van der Waals surface area (Å²) < 4.78 is 1.61. The molecule has 8 nitrogen and oxygen atoms in total. The van der Waals surface area contributed by atoms with Crippen molar-refractivity contribution in [3.05, 3.63) is 18.0 Å². The van der Waals surface area contributed by atoms with Crippen molar-refractivity contribution in [2.24, 2.45) is 18.9 Å². The molecule has 158 valence electrons. The summed E-state index contributed by atoms with van der Waals surface area (Å²) in [5.41, 5.74) is -0.380. The van der Waals surface area contributed by atoms with Crippen LogP contribution in [0.2, 0.25) is 0 Å². The zero-order chi connectivity index (χ0) is 20.8. The zero-order valence-electron chi connectivity index (χ0n) is 17.6. The van der Waals surface area contributed by atoms with Crippen LogP contribution in [0, 0.1) is 11.8 Å². The number of likely N-dealkylation sites (tertiary alicyclic amines) is 1. The predicted octanol–water partition coefficient (Wildman–Crippen LogP) is 2.12. The Morgan fingerprint density at radius 2 is 1.93 bits per heavy atom. The molecule has 4 amide bonds. The number of nitrogens with zero attached hydrogens (tertiary/aromatic N) is 5. The molecule has 1 aromatic heterocycles. The fourth-order valence-corrected chi connectivity index (χ4v) is 4.75. The van der Waals surface area contributed by atoms with E-state index in [0.717, 1.165) is 12.8 Å². The van der Waals surface area contributed by atoms with Gasteiger partial charge in [-0.05, 0) is 43.6 Å². The van der Waals surface area contributed by atoms with Crippen molar-refractivity contribution in [3.63, 3.8) is 0 Å². The first-order valence-electron chi connectivity index (χ1n) is 10.7. The quantitative estimate of drug-likeness (QED) is 0.708. The molecule has 1 spiro atoms. The van der Waals surface area contributed by atoms with Crippen molar-refractivity contribution >= 4 is 17.8 Å². The molecular formula is C21H31N5O3. The molecule has 0 atom stereocenters. The molecular weight excluding hydrogens is 370 g/mol. The van der Waals surface area contributed by atoms with Crippen LogP contribution in [0.4, 0.5) is 4.79 Å². The molecule has 2 saturated heterocycles. The summed E-state index contributed by atoms with van der Waals surface area (Å²) in [5.74, 6) is 0.559. The maximum atomic E-state index is 13.5. The molecule has 0 N–H and O–H groups in total. The normalized spacial score (nSPS) is 22.1. The Morgan fingerprint density at radius 3 is 2.45 bits per heavy atom. The number of aryl methyl sites for hydroxylation is 1. The molecule has 8 heteroatoms. The molecule has 0 unspecified atom stereocenters. The van der Waals surface area contributed by atoms with E-state index in [9.17, 15) is 14.4 Å². The molecule has 1 aliphatic carbocycles. The lowest BCUT2D eigenvalue weighted by Gasteiger charge is -2.42. The van der Waals surface area contributed by atoms with Gasteiger partial charge in [-0.2, -0.15) is 5.10 Å². The van der Waals surface area contributed by atoms with Gasteiger partial charge in [0, 0.05) is 39.4 Å². The molecule has 29 heavy (non-hydrogen) atoms. The number of imide groups is 1. The van der Waals surface area contributed by atoms with Crippen molar-refractivity contribution < 1.29 is 14.4 Å². The van der Waals surface area contributed by atoms with Gasteiger partial charge in [-0.3, -0.25) is 19.2 Å². The third-order valence-electron chi connectivity index (χ3n) is 6.65. The van der Waals surface area contributed by atoms with Gasteiger partial charge in [0.1, 0.15) is 11.2 Å². The van der Waals surface area contributed by atoms with Crippen LogP contribution in [0.5, 0.6) is 0 Å². The highest BCUT2D eigenvalue weighted by Gasteiger charge is 2.58. The number of rotatable bonds is 5. The average Bonchev–Trinajstić information content (AvgIpc) is 3.16. The number of aromatic nitrogens is 2. The molecule has 1 saturated carbocycles. The Balaban J connectivity index is 1.52. The standard InChI is InChI=1S/C21H31N5O3/c1-15(2)13-26-20(29)25(14-16-5-4-6-16)19(28)21(26)8-11-24(12-9-21)18(27)17-7-10-23(3)22-17/h7,10,15-16H,4-6,8-9,11-14H2,1-3H3. The van der Waals surface area contributed by atoms with Crippen LogP contribution in [0.3, 0.4) is 0 Å². The van der Waals surface area contributed by atoms with Gasteiger partial charge in [0.25, 0.3) is 11.8 Å². The maximum absolute atomic E-state index is 13.5. The van der Waals surface area contributed by atoms with Gasteiger partial charge in [-0.15, -0.1) is 0 Å². The highest BCUT2D eigenvalue weighted by Crippen LogP contribution is 2.39. The van der Waals surface area contributed by atoms with Crippen LogP contribution in [0.1, 0.15) is 56.4 Å². The van der Waals surface area contributed by atoms with Crippen molar-refractivity contribution in [2.75, 3.05) is 26.2 Å². The van der Waals surface area contributed by atoms with Gasteiger partial charge in [0.05, 0.1) is 0 Å². The van der Waals surface area contributed by atoms with Crippen LogP contribution in [0.15, 0.2) is 12.3 Å². The lowest BCUT2D eigenvalue weighted by molar-refractivity contribution is -0.136. The first kappa shape index (κ1) is 19.9. The molecule has 0 aromatic carbocycles. The smallest absolute Gasteiger partial charge is 0.327 e. The lowest BCUT2D eigenvalue weighted by atomic mass is 9.83. The third kappa shape index (κ3) is 3.42. The van der Waals surface area contributed by atoms with Gasteiger partial charge in [0.2, 0.25) is 0 Å². The Hall–Kier alpha value is -2.38. The summed E-state index contributed by atoms with van der Waals surface area (Å²) in [6.45, 7) is 6.17. The Labute approximate surface area is 171 Å². The van der Waals surface area contributed by atoms with E-state index in [0.29, 0.717) is 50.6 Å². The molecule has 4 rings (SSSR count). The molecule has 1 aromatic rings. The highest BCUT2D eigenvalue weighted by atomic mass is 16.2. The summed E-state index contributed by atoms with van der Waals surface area (Å²) in [4.78, 5) is 44.5. The zero-order valence-corrected chi connectivity index (χ0v) is 17.6. The van der Waals surface area contributed by atoms with Crippen LogP contribution in [-0.4, -0.2) is 74.0 Å².